The number of esters is 1. The van der Waals surface area contributed by atoms with Gasteiger partial charge in [0, 0.05) is 17.6 Å². The van der Waals surface area contributed by atoms with E-state index in [9.17, 15) is 22.8 Å². The number of amides is 2. The quantitative estimate of drug-likeness (QED) is 0.500. The van der Waals surface area contributed by atoms with Crippen LogP contribution in [0, 0.1) is 0 Å². The number of benzene rings is 1. The number of thiazole rings is 1. The van der Waals surface area contributed by atoms with Crippen LogP contribution in [0.1, 0.15) is 19.8 Å². The lowest BCUT2D eigenvalue weighted by molar-refractivity contribution is -0.143. The van der Waals surface area contributed by atoms with Crippen LogP contribution in [0.5, 0.6) is 0 Å². The number of sulfone groups is 1. The van der Waals surface area contributed by atoms with E-state index in [0.29, 0.717) is 18.6 Å². The van der Waals surface area contributed by atoms with Crippen molar-refractivity contribution in [1.29, 1.82) is 0 Å². The molecule has 1 aliphatic rings. The number of aromatic nitrogens is 1. The van der Waals surface area contributed by atoms with Crippen LogP contribution in [0.2, 0.25) is 0 Å². The van der Waals surface area contributed by atoms with Crippen LogP contribution < -0.4 is 4.80 Å². The molecule has 9 nitrogen and oxygen atoms in total. The summed E-state index contributed by atoms with van der Waals surface area (Å²) in [6.07, 6.45) is 1.70. The zero-order valence-electron chi connectivity index (χ0n) is 16.9. The van der Waals surface area contributed by atoms with Crippen molar-refractivity contribution in [3.05, 3.63) is 27.5 Å². The molecule has 0 spiro atoms. The molecule has 0 aliphatic carbocycles. The van der Waals surface area contributed by atoms with Gasteiger partial charge in [0.15, 0.2) is 14.6 Å². The molecule has 0 atom stereocenters. The van der Waals surface area contributed by atoms with Gasteiger partial charge in [0.1, 0.15) is 18.1 Å². The maximum absolute atomic E-state index is 12.4. The number of rotatable bonds is 7. The highest BCUT2D eigenvalue weighted by molar-refractivity contribution is 9.10. The molecule has 31 heavy (non-hydrogen) atoms. The average molecular weight is 532 g/mol. The third-order valence-corrected chi connectivity index (χ3v) is 7.51. The molecule has 168 valence electrons. The summed E-state index contributed by atoms with van der Waals surface area (Å²) in [5.41, 5.74) is 0.667. The van der Waals surface area contributed by atoms with Gasteiger partial charge in [0.05, 0.1) is 16.8 Å². The van der Waals surface area contributed by atoms with E-state index < -0.39 is 39.1 Å². The van der Waals surface area contributed by atoms with E-state index in [1.807, 2.05) is 6.07 Å². The third-order valence-electron chi connectivity index (χ3n) is 4.60. The highest BCUT2D eigenvalue weighted by Crippen LogP contribution is 2.22. The minimum absolute atomic E-state index is 0.165. The van der Waals surface area contributed by atoms with Crippen LogP contribution in [-0.2, 0) is 35.5 Å². The van der Waals surface area contributed by atoms with E-state index in [0.717, 1.165) is 33.4 Å². The SMILES string of the molecule is CCOC(=O)Cn1c(=NC(=O)CS(=O)(=O)CC(=O)N2CCCC2)sc2cc(Br)ccc21. The normalized spacial score (nSPS) is 14.9. The fourth-order valence-corrected chi connectivity index (χ4v) is 5.95. The van der Waals surface area contributed by atoms with Gasteiger partial charge in [-0.05, 0) is 38.0 Å². The molecule has 2 aromatic rings. The Morgan fingerprint density at radius 1 is 1.19 bits per heavy atom. The number of fused-ring (bicyclic) bond motifs is 1. The molecule has 0 unspecified atom stereocenters. The predicted octanol–water partition coefficient (Wildman–Crippen LogP) is 1.49. The van der Waals surface area contributed by atoms with Crippen LogP contribution in [0.25, 0.3) is 10.2 Å². The molecule has 1 fully saturated rings. The van der Waals surface area contributed by atoms with Crippen molar-refractivity contribution in [2.24, 2.45) is 4.99 Å². The highest BCUT2D eigenvalue weighted by atomic mass is 79.9. The number of likely N-dealkylation sites (tertiary alicyclic amines) is 1. The minimum Gasteiger partial charge on any atom is -0.465 e. The average Bonchev–Trinajstić information content (AvgIpc) is 3.30. The van der Waals surface area contributed by atoms with Gasteiger partial charge in [-0.2, -0.15) is 4.99 Å². The number of nitrogens with zero attached hydrogens (tertiary/aromatic N) is 3. The first-order valence-electron chi connectivity index (χ1n) is 9.69. The van der Waals surface area contributed by atoms with Crippen LogP contribution in [0.3, 0.4) is 0 Å². The molecular weight excluding hydrogens is 510 g/mol. The van der Waals surface area contributed by atoms with Gasteiger partial charge in [-0.25, -0.2) is 8.42 Å². The monoisotopic (exact) mass is 531 g/mol. The first kappa shape index (κ1) is 23.6. The summed E-state index contributed by atoms with van der Waals surface area (Å²) in [6, 6.07) is 5.37. The largest absolute Gasteiger partial charge is 0.465 e. The summed E-state index contributed by atoms with van der Waals surface area (Å²) in [4.78, 5) is 42.2. The van der Waals surface area contributed by atoms with Crippen molar-refractivity contribution < 1.29 is 27.5 Å². The summed E-state index contributed by atoms with van der Waals surface area (Å²) >= 11 is 4.53. The van der Waals surface area contributed by atoms with Crippen molar-refractivity contribution in [2.45, 2.75) is 26.3 Å². The van der Waals surface area contributed by atoms with Crippen molar-refractivity contribution in [2.75, 3.05) is 31.2 Å². The summed E-state index contributed by atoms with van der Waals surface area (Å²) in [7, 11) is -3.96. The second-order valence-corrected chi connectivity index (χ2v) is 11.0. The second-order valence-electron chi connectivity index (χ2n) is 7.01. The molecule has 1 aliphatic heterocycles. The molecule has 0 N–H and O–H groups in total. The smallest absolute Gasteiger partial charge is 0.326 e. The maximum atomic E-state index is 12.4. The second kappa shape index (κ2) is 10.0. The fourth-order valence-electron chi connectivity index (χ4n) is 3.24. The van der Waals surface area contributed by atoms with E-state index in [1.165, 1.54) is 9.47 Å². The lowest BCUT2D eigenvalue weighted by Gasteiger charge is -2.14. The summed E-state index contributed by atoms with van der Waals surface area (Å²) in [5.74, 6) is -3.46. The van der Waals surface area contributed by atoms with Gasteiger partial charge in [0.2, 0.25) is 5.91 Å². The Balaban J connectivity index is 1.85. The van der Waals surface area contributed by atoms with Crippen LogP contribution in [-0.4, -0.2) is 66.9 Å². The molecule has 2 heterocycles. The molecule has 1 saturated heterocycles. The number of ether oxygens (including phenoxy) is 1. The third kappa shape index (κ3) is 6.23. The fraction of sp³-hybridized carbons (Fsp3) is 0.474. The molecule has 3 rings (SSSR count). The van der Waals surface area contributed by atoms with Crippen LogP contribution in [0.4, 0.5) is 0 Å². The Morgan fingerprint density at radius 3 is 2.58 bits per heavy atom. The first-order chi connectivity index (χ1) is 14.7. The molecule has 1 aromatic carbocycles. The van der Waals surface area contributed by atoms with E-state index in [1.54, 1.807) is 19.1 Å². The van der Waals surface area contributed by atoms with Gasteiger partial charge in [-0.3, -0.25) is 14.4 Å². The van der Waals surface area contributed by atoms with Crippen LogP contribution >= 0.6 is 27.3 Å². The molecule has 0 saturated carbocycles. The Hall–Kier alpha value is -2.05. The van der Waals surface area contributed by atoms with Gasteiger partial charge in [-0.1, -0.05) is 27.3 Å². The van der Waals surface area contributed by atoms with Crippen molar-refractivity contribution in [3.63, 3.8) is 0 Å². The number of hydrogen-bond donors (Lipinski definition) is 0. The van der Waals surface area contributed by atoms with Gasteiger partial charge in [-0.15, -0.1) is 0 Å². The lowest BCUT2D eigenvalue weighted by atomic mass is 10.3. The standard InChI is InChI=1S/C19H22BrN3O6S2/c1-2-29-18(26)10-23-14-6-5-13(20)9-15(14)30-19(23)21-16(24)11-31(27,28)12-17(25)22-7-3-4-8-22/h5-6,9H,2-4,7-8,10-12H2,1H3. The van der Waals surface area contributed by atoms with Gasteiger partial charge >= 0.3 is 5.97 Å². The Bertz CT molecular complexity index is 1180. The maximum Gasteiger partial charge on any atom is 0.326 e. The summed E-state index contributed by atoms with van der Waals surface area (Å²) in [5, 5.41) is 0. The van der Waals surface area contributed by atoms with E-state index in [2.05, 4.69) is 20.9 Å². The Morgan fingerprint density at radius 2 is 1.90 bits per heavy atom. The highest BCUT2D eigenvalue weighted by Gasteiger charge is 2.26. The topological polar surface area (TPSA) is 115 Å². The van der Waals surface area contributed by atoms with E-state index in [4.69, 9.17) is 4.74 Å². The molecule has 2 amide bonds. The lowest BCUT2D eigenvalue weighted by Crippen LogP contribution is -2.35. The minimum atomic E-state index is -3.96. The Kier molecular flexibility index (Phi) is 7.65. The summed E-state index contributed by atoms with van der Waals surface area (Å²) < 4.78 is 32.8. The van der Waals surface area contributed by atoms with Crippen molar-refractivity contribution in [1.82, 2.24) is 9.47 Å². The molecule has 1 aromatic heterocycles. The number of hydrogen-bond acceptors (Lipinski definition) is 7. The number of halogens is 1. The predicted molar refractivity (Wildman–Crippen MR) is 119 cm³/mol. The molecule has 0 bridgehead atoms. The molecular formula is C19H22BrN3O6S2. The zero-order chi connectivity index (χ0) is 22.6. The summed E-state index contributed by atoms with van der Waals surface area (Å²) in [6.45, 7) is 2.81. The van der Waals surface area contributed by atoms with E-state index in [-0.39, 0.29) is 18.0 Å². The molecule has 0 radical (unpaired) electrons. The van der Waals surface area contributed by atoms with Gasteiger partial charge < -0.3 is 14.2 Å². The number of carbonyl (C=O) groups excluding carboxylic acids is 3. The van der Waals surface area contributed by atoms with Crippen molar-refractivity contribution >= 4 is 65.1 Å². The van der Waals surface area contributed by atoms with E-state index >= 15 is 0 Å². The zero-order valence-corrected chi connectivity index (χ0v) is 20.1. The first-order valence-corrected chi connectivity index (χ1v) is 13.1. The van der Waals surface area contributed by atoms with Crippen molar-refractivity contribution in [3.8, 4) is 0 Å². The Labute approximate surface area is 191 Å². The number of carbonyl (C=O) groups is 3. The van der Waals surface area contributed by atoms with Gasteiger partial charge in [0.25, 0.3) is 5.91 Å². The van der Waals surface area contributed by atoms with Crippen LogP contribution in [0.15, 0.2) is 27.7 Å². The molecule has 12 heteroatoms.